The molecular formula is C15H32N3O+. The number of carbonyl (C=O) groups is 1. The number of nitrogens with zero attached hydrogens (tertiary/aromatic N) is 1. The number of amides is 1. The van der Waals surface area contributed by atoms with E-state index in [2.05, 4.69) is 33.3 Å². The zero-order valence-corrected chi connectivity index (χ0v) is 13.1. The molecule has 4 atom stereocenters. The number of hydrogen-bond donors (Lipinski definition) is 2. The van der Waals surface area contributed by atoms with Gasteiger partial charge < -0.3 is 15.5 Å². The molecule has 0 spiro atoms. The maximum atomic E-state index is 10.8. The average molecular weight is 270 g/mol. The summed E-state index contributed by atoms with van der Waals surface area (Å²) in [7, 11) is 4.62. The maximum absolute atomic E-state index is 10.8. The molecule has 1 rings (SSSR count). The number of likely N-dealkylation sites (tertiary alicyclic amines) is 1. The summed E-state index contributed by atoms with van der Waals surface area (Å²) in [5.74, 6) is 1.49. The van der Waals surface area contributed by atoms with E-state index >= 15 is 0 Å². The molecule has 0 aliphatic carbocycles. The van der Waals surface area contributed by atoms with Gasteiger partial charge in [0.1, 0.15) is 0 Å². The van der Waals surface area contributed by atoms with Gasteiger partial charge in [-0.2, -0.15) is 0 Å². The summed E-state index contributed by atoms with van der Waals surface area (Å²) in [6, 6.07) is 0.436. The van der Waals surface area contributed by atoms with Crippen LogP contribution >= 0.6 is 0 Å². The summed E-state index contributed by atoms with van der Waals surface area (Å²) in [6.45, 7) is 6.86. The van der Waals surface area contributed by atoms with E-state index in [1.165, 1.54) is 19.5 Å². The fraction of sp³-hybridized carbons (Fsp3) is 0.933. The van der Waals surface area contributed by atoms with Crippen LogP contribution in [0.2, 0.25) is 0 Å². The molecule has 0 bridgehead atoms. The summed E-state index contributed by atoms with van der Waals surface area (Å²) < 4.78 is 1.11. The van der Waals surface area contributed by atoms with Crippen molar-refractivity contribution in [2.75, 3.05) is 27.2 Å². The van der Waals surface area contributed by atoms with Crippen molar-refractivity contribution < 1.29 is 9.28 Å². The fourth-order valence-electron chi connectivity index (χ4n) is 3.60. The molecule has 0 aromatic heterocycles. The Morgan fingerprint density at radius 2 is 1.95 bits per heavy atom. The number of carbonyl (C=O) groups excluding carboxylic acids is 1. The van der Waals surface area contributed by atoms with E-state index in [9.17, 15) is 4.79 Å². The second-order valence-corrected chi connectivity index (χ2v) is 6.85. The smallest absolute Gasteiger partial charge is 0.207 e. The summed E-state index contributed by atoms with van der Waals surface area (Å²) in [6.07, 6.45) is 5.02. The molecule has 1 aliphatic rings. The van der Waals surface area contributed by atoms with Gasteiger partial charge in [0.05, 0.1) is 27.2 Å². The minimum absolute atomic E-state index is 0.196. The zero-order valence-electron chi connectivity index (χ0n) is 13.1. The van der Waals surface area contributed by atoms with Crippen LogP contribution in [-0.4, -0.2) is 50.2 Å². The lowest BCUT2D eigenvalue weighted by molar-refractivity contribution is -0.880. The molecule has 0 saturated carbocycles. The van der Waals surface area contributed by atoms with Gasteiger partial charge in [-0.1, -0.05) is 13.8 Å². The molecule has 4 heteroatoms. The van der Waals surface area contributed by atoms with Gasteiger partial charge in [-0.25, -0.2) is 0 Å². The molecule has 4 nitrogen and oxygen atoms in total. The molecule has 112 valence electrons. The van der Waals surface area contributed by atoms with Crippen molar-refractivity contribution in [3.05, 3.63) is 0 Å². The fourth-order valence-corrected chi connectivity index (χ4v) is 3.60. The number of rotatable bonds is 8. The Labute approximate surface area is 118 Å². The highest BCUT2D eigenvalue weighted by Crippen LogP contribution is 2.33. The lowest BCUT2D eigenvalue weighted by atomic mass is 9.86. The summed E-state index contributed by atoms with van der Waals surface area (Å²) in [5.41, 5.74) is 6.04. The van der Waals surface area contributed by atoms with Crippen LogP contribution in [0.4, 0.5) is 0 Å². The van der Waals surface area contributed by atoms with E-state index in [1.807, 2.05) is 0 Å². The van der Waals surface area contributed by atoms with E-state index in [1.54, 1.807) is 0 Å². The van der Waals surface area contributed by atoms with Gasteiger partial charge in [-0.05, 0) is 25.7 Å². The normalized spacial score (nSPS) is 28.9. The van der Waals surface area contributed by atoms with Gasteiger partial charge in [0, 0.05) is 23.9 Å². The van der Waals surface area contributed by atoms with Crippen LogP contribution in [0.25, 0.3) is 0 Å². The van der Waals surface area contributed by atoms with Gasteiger partial charge in [-0.15, -0.1) is 0 Å². The lowest BCUT2D eigenvalue weighted by Crippen LogP contribution is -2.39. The first-order valence-electron chi connectivity index (χ1n) is 7.69. The summed E-state index contributed by atoms with van der Waals surface area (Å²) >= 11 is 0. The quantitative estimate of drug-likeness (QED) is 0.517. The molecule has 1 amide bonds. The Bertz CT molecular complexity index is 281. The van der Waals surface area contributed by atoms with E-state index in [4.69, 9.17) is 5.73 Å². The molecule has 19 heavy (non-hydrogen) atoms. The van der Waals surface area contributed by atoms with E-state index in [0.717, 1.165) is 36.1 Å². The van der Waals surface area contributed by atoms with Gasteiger partial charge >= 0.3 is 0 Å². The number of hydrogen-bond acceptors (Lipinski definition) is 2. The average Bonchev–Trinajstić information content (AvgIpc) is 2.63. The Morgan fingerprint density at radius 3 is 2.47 bits per heavy atom. The van der Waals surface area contributed by atoms with Crippen molar-refractivity contribution >= 4 is 6.41 Å². The van der Waals surface area contributed by atoms with Gasteiger partial charge in [0.15, 0.2) is 0 Å². The Hall–Kier alpha value is -0.610. The molecule has 0 radical (unpaired) electrons. The van der Waals surface area contributed by atoms with Gasteiger partial charge in [0.25, 0.3) is 0 Å². The number of nitrogens with two attached hydrogens (primary N) is 1. The Balaban J connectivity index is 2.59. The largest absolute Gasteiger partial charge is 0.356 e. The predicted molar refractivity (Wildman–Crippen MR) is 79.6 cm³/mol. The second kappa shape index (κ2) is 7.25. The van der Waals surface area contributed by atoms with Crippen LogP contribution in [0, 0.1) is 11.8 Å². The highest BCUT2D eigenvalue weighted by Gasteiger charge is 2.39. The van der Waals surface area contributed by atoms with Crippen LogP contribution in [-0.2, 0) is 4.79 Å². The molecule has 0 aromatic carbocycles. The van der Waals surface area contributed by atoms with Crippen LogP contribution in [0.5, 0.6) is 0 Å². The molecule has 0 aromatic rings. The van der Waals surface area contributed by atoms with E-state index < -0.39 is 0 Å². The van der Waals surface area contributed by atoms with Crippen molar-refractivity contribution in [2.24, 2.45) is 17.6 Å². The minimum atomic E-state index is 0.196. The molecular weight excluding hydrogens is 238 g/mol. The molecule has 1 aliphatic heterocycles. The topological polar surface area (TPSA) is 55.1 Å². The number of quaternary nitrogens is 1. The van der Waals surface area contributed by atoms with E-state index in [0.29, 0.717) is 5.92 Å². The first kappa shape index (κ1) is 16.4. The first-order valence-corrected chi connectivity index (χ1v) is 7.69. The second-order valence-electron chi connectivity index (χ2n) is 6.85. The third kappa shape index (κ3) is 5.11. The SMILES string of the molecule is CCC(N)CC(CC1C[N+](C)(C)CC1CC)NC=O. The van der Waals surface area contributed by atoms with Crippen LogP contribution in [0.3, 0.4) is 0 Å². The van der Waals surface area contributed by atoms with Crippen molar-refractivity contribution in [1.29, 1.82) is 0 Å². The summed E-state index contributed by atoms with van der Waals surface area (Å²) in [5, 5.41) is 2.98. The molecule has 1 saturated heterocycles. The highest BCUT2D eigenvalue weighted by atomic mass is 16.1. The van der Waals surface area contributed by atoms with Crippen molar-refractivity contribution in [3.63, 3.8) is 0 Å². The Kier molecular flexibility index (Phi) is 6.27. The zero-order chi connectivity index (χ0) is 14.5. The van der Waals surface area contributed by atoms with Crippen LogP contribution in [0.1, 0.15) is 39.5 Å². The van der Waals surface area contributed by atoms with E-state index in [-0.39, 0.29) is 12.1 Å². The lowest BCUT2D eigenvalue weighted by Gasteiger charge is -2.25. The molecule has 4 unspecified atom stereocenters. The third-order valence-corrected chi connectivity index (χ3v) is 4.65. The minimum Gasteiger partial charge on any atom is -0.356 e. The number of nitrogens with one attached hydrogen (secondary N) is 1. The van der Waals surface area contributed by atoms with Crippen LogP contribution < -0.4 is 11.1 Å². The van der Waals surface area contributed by atoms with Gasteiger partial charge in [0.2, 0.25) is 6.41 Å². The standard InChI is InChI=1S/C15H31N3O/c1-5-12-9-18(3,4)10-13(12)7-15(17-11-19)8-14(16)6-2/h11-15H,5-10,16H2,1-4H3/p+1. The monoisotopic (exact) mass is 270 g/mol. The third-order valence-electron chi connectivity index (χ3n) is 4.65. The molecule has 3 N–H and O–H groups in total. The van der Waals surface area contributed by atoms with Crippen molar-refractivity contribution in [3.8, 4) is 0 Å². The van der Waals surface area contributed by atoms with Crippen molar-refractivity contribution in [1.82, 2.24) is 5.32 Å². The molecule has 1 heterocycles. The Morgan fingerprint density at radius 1 is 1.32 bits per heavy atom. The first-order chi connectivity index (χ1) is 8.91. The maximum Gasteiger partial charge on any atom is 0.207 e. The highest BCUT2D eigenvalue weighted by molar-refractivity contribution is 5.46. The van der Waals surface area contributed by atoms with Crippen molar-refractivity contribution in [2.45, 2.75) is 51.6 Å². The van der Waals surface area contributed by atoms with Crippen LogP contribution in [0.15, 0.2) is 0 Å². The summed E-state index contributed by atoms with van der Waals surface area (Å²) in [4.78, 5) is 10.8. The van der Waals surface area contributed by atoms with Gasteiger partial charge in [-0.3, -0.25) is 4.79 Å². The predicted octanol–water partition coefficient (Wildman–Crippen LogP) is 1.35. The molecule has 1 fully saturated rings.